The lowest BCUT2D eigenvalue weighted by atomic mass is 9.86. The summed E-state index contributed by atoms with van der Waals surface area (Å²) in [5.41, 5.74) is 4.55. The second-order valence-corrected chi connectivity index (χ2v) is 6.88. The van der Waals surface area contributed by atoms with Crippen molar-refractivity contribution in [3.8, 4) is 5.75 Å². The number of ether oxygens (including phenoxy) is 1. The van der Waals surface area contributed by atoms with Gasteiger partial charge in [-0.3, -0.25) is 5.32 Å². The average Bonchev–Trinajstić information content (AvgIpc) is 2.82. The third-order valence-electron chi connectivity index (χ3n) is 4.79. The highest BCUT2D eigenvalue weighted by molar-refractivity contribution is 5.87. The van der Waals surface area contributed by atoms with Gasteiger partial charge < -0.3 is 9.30 Å². The maximum atomic E-state index is 5.93. The van der Waals surface area contributed by atoms with Crippen molar-refractivity contribution in [3.05, 3.63) is 29.5 Å². The summed E-state index contributed by atoms with van der Waals surface area (Å²) in [6.45, 7) is 7.26. The van der Waals surface area contributed by atoms with E-state index in [1.54, 1.807) is 11.3 Å². The van der Waals surface area contributed by atoms with Gasteiger partial charge in [0.1, 0.15) is 5.75 Å². The van der Waals surface area contributed by atoms with E-state index < -0.39 is 0 Å². The van der Waals surface area contributed by atoms with Crippen molar-refractivity contribution >= 4 is 10.9 Å². The molecule has 0 spiro atoms. The Balaban J connectivity index is 1.81. The number of aryl methyl sites for hydroxylation is 1. The lowest BCUT2D eigenvalue weighted by Gasteiger charge is -2.30. The summed E-state index contributed by atoms with van der Waals surface area (Å²) in [7, 11) is 0. The Kier molecular flexibility index (Phi) is 3.18. The summed E-state index contributed by atoms with van der Waals surface area (Å²) in [5, 5.41) is 4.98. The Bertz CT molecular complexity index is 669. The van der Waals surface area contributed by atoms with Gasteiger partial charge in [0.25, 0.3) is 0 Å². The average molecular weight is 284 g/mol. The van der Waals surface area contributed by atoms with Crippen LogP contribution in [0.4, 0.5) is 0 Å². The highest BCUT2D eigenvalue weighted by atomic mass is 16.5. The lowest BCUT2D eigenvalue weighted by molar-refractivity contribution is 0.271. The number of nitrogens with zero attached hydrogens (tertiary/aromatic N) is 1. The molecule has 0 bridgehead atoms. The van der Waals surface area contributed by atoms with E-state index in [2.05, 4.69) is 41.9 Å². The van der Waals surface area contributed by atoms with Crippen LogP contribution in [0.1, 0.15) is 43.9 Å². The van der Waals surface area contributed by atoms with Crippen LogP contribution in [0.5, 0.6) is 5.75 Å². The fourth-order valence-corrected chi connectivity index (χ4v) is 3.89. The van der Waals surface area contributed by atoms with Crippen LogP contribution < -0.4 is 10.1 Å². The first-order valence-electron chi connectivity index (χ1n) is 8.22. The molecule has 0 fully saturated rings. The van der Waals surface area contributed by atoms with E-state index in [9.17, 15) is 0 Å². The molecule has 0 saturated heterocycles. The highest BCUT2D eigenvalue weighted by Crippen LogP contribution is 2.40. The minimum Gasteiger partial charge on any atom is -0.493 e. The second kappa shape index (κ2) is 5.06. The molecule has 1 aromatic carbocycles. The fraction of sp³-hybridized carbons (Fsp3) is 0.556. The van der Waals surface area contributed by atoms with Crippen molar-refractivity contribution in [1.82, 2.24) is 9.88 Å². The van der Waals surface area contributed by atoms with Crippen molar-refractivity contribution in [1.29, 1.82) is 0 Å². The summed E-state index contributed by atoms with van der Waals surface area (Å²) in [5.74, 6) is 2.29. The SMILES string of the molecule is CC(C)COc1ccc2c(c1)c1c3n2CNC[C@@H]3CCC1. The van der Waals surface area contributed by atoms with Crippen LogP contribution in [0.15, 0.2) is 18.2 Å². The van der Waals surface area contributed by atoms with Gasteiger partial charge in [-0.2, -0.15) is 0 Å². The lowest BCUT2D eigenvalue weighted by Crippen LogP contribution is -2.34. The number of aromatic nitrogens is 1. The van der Waals surface area contributed by atoms with Crippen LogP contribution in [0.2, 0.25) is 0 Å². The van der Waals surface area contributed by atoms with Crippen molar-refractivity contribution in [3.63, 3.8) is 0 Å². The predicted molar refractivity (Wildman–Crippen MR) is 86.0 cm³/mol. The van der Waals surface area contributed by atoms with Crippen LogP contribution >= 0.6 is 0 Å². The van der Waals surface area contributed by atoms with E-state index in [1.165, 1.54) is 30.2 Å². The molecule has 0 radical (unpaired) electrons. The zero-order chi connectivity index (χ0) is 14.4. The maximum absolute atomic E-state index is 5.93. The molecule has 1 N–H and O–H groups in total. The minimum atomic E-state index is 0.565. The van der Waals surface area contributed by atoms with E-state index in [1.807, 2.05) is 0 Å². The molecule has 2 aromatic rings. The van der Waals surface area contributed by atoms with Gasteiger partial charge in [-0.25, -0.2) is 0 Å². The molecule has 1 atom stereocenters. The van der Waals surface area contributed by atoms with Gasteiger partial charge in [0.15, 0.2) is 0 Å². The summed E-state index contributed by atoms with van der Waals surface area (Å²) < 4.78 is 8.42. The Morgan fingerprint density at radius 2 is 2.29 bits per heavy atom. The Labute approximate surface area is 126 Å². The molecule has 0 unspecified atom stereocenters. The third-order valence-corrected chi connectivity index (χ3v) is 4.79. The summed E-state index contributed by atoms with van der Waals surface area (Å²) in [4.78, 5) is 0. The Morgan fingerprint density at radius 1 is 1.38 bits per heavy atom. The highest BCUT2D eigenvalue weighted by Gasteiger charge is 2.29. The monoisotopic (exact) mass is 284 g/mol. The predicted octanol–water partition coefficient (Wildman–Crippen LogP) is 3.66. The number of hydrogen-bond donors (Lipinski definition) is 1. The fourth-order valence-electron chi connectivity index (χ4n) is 3.89. The number of nitrogens with one attached hydrogen (secondary N) is 1. The molecule has 112 valence electrons. The number of hydrogen-bond acceptors (Lipinski definition) is 2. The first kappa shape index (κ1) is 13.2. The zero-order valence-corrected chi connectivity index (χ0v) is 13.0. The molecule has 2 aliphatic rings. The van der Waals surface area contributed by atoms with Gasteiger partial charge >= 0.3 is 0 Å². The van der Waals surface area contributed by atoms with E-state index in [-0.39, 0.29) is 0 Å². The quantitative estimate of drug-likeness (QED) is 0.931. The molecule has 1 aliphatic heterocycles. The van der Waals surface area contributed by atoms with Crippen molar-refractivity contribution in [2.75, 3.05) is 13.2 Å². The standard InChI is InChI=1S/C18H24N2O/c1-12(2)10-21-14-6-7-17-16(8-14)15-5-3-4-13-9-19-11-20(17)18(13)15/h6-8,12-13,19H,3-5,9-11H2,1-2H3/t13-/m0/s1. The van der Waals surface area contributed by atoms with Crippen molar-refractivity contribution in [2.45, 2.75) is 45.7 Å². The number of benzene rings is 1. The molecule has 0 amide bonds. The third kappa shape index (κ3) is 2.15. The molecule has 3 nitrogen and oxygen atoms in total. The first-order chi connectivity index (χ1) is 10.2. The van der Waals surface area contributed by atoms with Crippen LogP contribution in [0.25, 0.3) is 10.9 Å². The molecule has 0 saturated carbocycles. The topological polar surface area (TPSA) is 26.2 Å². The van der Waals surface area contributed by atoms with Crippen molar-refractivity contribution in [2.24, 2.45) is 5.92 Å². The molecule has 1 aromatic heterocycles. The van der Waals surface area contributed by atoms with Gasteiger partial charge in [-0.05, 0) is 48.9 Å². The molecular weight excluding hydrogens is 260 g/mol. The Morgan fingerprint density at radius 3 is 3.14 bits per heavy atom. The van der Waals surface area contributed by atoms with E-state index >= 15 is 0 Å². The van der Waals surface area contributed by atoms with Gasteiger partial charge in [0, 0.05) is 29.1 Å². The largest absolute Gasteiger partial charge is 0.493 e. The molecule has 2 heterocycles. The molecule has 3 heteroatoms. The molecule has 4 rings (SSSR count). The molecule has 1 aliphatic carbocycles. The van der Waals surface area contributed by atoms with Gasteiger partial charge in [-0.15, -0.1) is 0 Å². The smallest absolute Gasteiger partial charge is 0.120 e. The van der Waals surface area contributed by atoms with Gasteiger partial charge in [-0.1, -0.05) is 13.8 Å². The van der Waals surface area contributed by atoms with Crippen LogP contribution in [-0.2, 0) is 13.1 Å². The van der Waals surface area contributed by atoms with E-state index in [0.717, 1.165) is 25.6 Å². The molecule has 21 heavy (non-hydrogen) atoms. The molecular formula is C18H24N2O. The normalized spacial score (nSPS) is 20.8. The summed E-state index contributed by atoms with van der Waals surface area (Å²) >= 11 is 0. The van der Waals surface area contributed by atoms with Gasteiger partial charge in [0.2, 0.25) is 0 Å². The minimum absolute atomic E-state index is 0.565. The second-order valence-electron chi connectivity index (χ2n) is 6.88. The Hall–Kier alpha value is -1.48. The summed E-state index contributed by atoms with van der Waals surface area (Å²) in [6.07, 6.45) is 3.87. The van der Waals surface area contributed by atoms with Gasteiger partial charge in [0.05, 0.1) is 13.3 Å². The van der Waals surface area contributed by atoms with Crippen LogP contribution in [0, 0.1) is 5.92 Å². The van der Waals surface area contributed by atoms with Crippen LogP contribution in [-0.4, -0.2) is 17.7 Å². The van der Waals surface area contributed by atoms with Crippen molar-refractivity contribution < 1.29 is 4.74 Å². The van der Waals surface area contributed by atoms with E-state index in [4.69, 9.17) is 4.74 Å². The van der Waals surface area contributed by atoms with Crippen LogP contribution in [0.3, 0.4) is 0 Å². The zero-order valence-electron chi connectivity index (χ0n) is 13.0. The number of fused-ring (bicyclic) bond motifs is 3. The first-order valence-corrected chi connectivity index (χ1v) is 8.22. The number of rotatable bonds is 3. The van der Waals surface area contributed by atoms with E-state index in [0.29, 0.717) is 11.8 Å². The summed E-state index contributed by atoms with van der Waals surface area (Å²) in [6, 6.07) is 6.64. The maximum Gasteiger partial charge on any atom is 0.120 e.